The van der Waals surface area contributed by atoms with E-state index in [0.29, 0.717) is 5.75 Å². The summed E-state index contributed by atoms with van der Waals surface area (Å²) in [6.45, 7) is 1.95. The third-order valence-corrected chi connectivity index (χ3v) is 1.40. The van der Waals surface area contributed by atoms with Gasteiger partial charge in [0.25, 0.3) is 0 Å². The topological polar surface area (TPSA) is 44.5 Å². The van der Waals surface area contributed by atoms with Gasteiger partial charge in [-0.15, -0.1) is 0 Å². The fraction of sp³-hybridized carbons (Fsp3) is 0.250. The lowest BCUT2D eigenvalue weighted by Crippen LogP contribution is -2.02. The summed E-state index contributed by atoms with van der Waals surface area (Å²) in [4.78, 5) is 4.56. The molecule has 0 aliphatic rings. The fourth-order valence-corrected chi connectivity index (χ4v) is 0.900. The number of aryl methyl sites for hydroxylation is 1. The van der Waals surface area contributed by atoms with Gasteiger partial charge < -0.3 is 9.57 Å². The van der Waals surface area contributed by atoms with Crippen molar-refractivity contribution < 1.29 is 9.57 Å². The molecule has 60 valence electrons. The van der Waals surface area contributed by atoms with Crippen LogP contribution in [-0.4, -0.2) is 7.11 Å². The van der Waals surface area contributed by atoms with Gasteiger partial charge in [0.1, 0.15) is 5.75 Å². The summed E-state index contributed by atoms with van der Waals surface area (Å²) in [5.41, 5.74) is 1.06. The van der Waals surface area contributed by atoms with Gasteiger partial charge in [-0.2, -0.15) is 5.90 Å². The molecule has 3 heteroatoms. The smallest absolute Gasteiger partial charge is 0.150 e. The standard InChI is InChI=1S/C8H11NO2/c1-6-3-7(10-2)5-8(4-6)11-9/h3-5H,9H2,1-2H3. The maximum atomic E-state index is 5.00. The third kappa shape index (κ3) is 1.85. The molecule has 0 amide bonds. The van der Waals surface area contributed by atoms with E-state index in [2.05, 4.69) is 4.84 Å². The highest BCUT2D eigenvalue weighted by atomic mass is 16.6. The van der Waals surface area contributed by atoms with E-state index in [9.17, 15) is 0 Å². The number of rotatable bonds is 2. The van der Waals surface area contributed by atoms with Gasteiger partial charge in [-0.25, -0.2) is 0 Å². The Morgan fingerprint density at radius 2 is 1.82 bits per heavy atom. The SMILES string of the molecule is COc1cc(C)cc(ON)c1. The van der Waals surface area contributed by atoms with E-state index in [1.54, 1.807) is 13.2 Å². The average molecular weight is 153 g/mol. The van der Waals surface area contributed by atoms with Crippen LogP contribution in [0.2, 0.25) is 0 Å². The van der Waals surface area contributed by atoms with Gasteiger partial charge in [-0.1, -0.05) is 0 Å². The van der Waals surface area contributed by atoms with Crippen molar-refractivity contribution in [2.45, 2.75) is 6.92 Å². The van der Waals surface area contributed by atoms with Gasteiger partial charge >= 0.3 is 0 Å². The third-order valence-electron chi connectivity index (χ3n) is 1.40. The predicted octanol–water partition coefficient (Wildman–Crippen LogP) is 1.26. The minimum Gasteiger partial charge on any atom is -0.497 e. The first-order valence-corrected chi connectivity index (χ1v) is 3.28. The monoisotopic (exact) mass is 153 g/mol. The number of benzene rings is 1. The molecule has 0 saturated carbocycles. The highest BCUT2D eigenvalue weighted by Crippen LogP contribution is 2.20. The van der Waals surface area contributed by atoms with E-state index in [0.717, 1.165) is 11.3 Å². The van der Waals surface area contributed by atoms with E-state index in [4.69, 9.17) is 10.6 Å². The summed E-state index contributed by atoms with van der Waals surface area (Å²) < 4.78 is 5.00. The number of ether oxygens (including phenoxy) is 1. The molecule has 1 rings (SSSR count). The summed E-state index contributed by atoms with van der Waals surface area (Å²) in [5.74, 6) is 6.35. The van der Waals surface area contributed by atoms with E-state index >= 15 is 0 Å². The first-order valence-electron chi connectivity index (χ1n) is 3.28. The van der Waals surface area contributed by atoms with Crippen LogP contribution in [0, 0.1) is 6.92 Å². The van der Waals surface area contributed by atoms with Crippen molar-refractivity contribution in [2.75, 3.05) is 7.11 Å². The quantitative estimate of drug-likeness (QED) is 0.650. The second kappa shape index (κ2) is 3.25. The molecule has 0 radical (unpaired) electrons. The Bertz CT molecular complexity index is 226. The second-order valence-electron chi connectivity index (χ2n) is 2.30. The van der Waals surface area contributed by atoms with Crippen LogP contribution in [-0.2, 0) is 0 Å². The van der Waals surface area contributed by atoms with Gasteiger partial charge in [0.2, 0.25) is 0 Å². The molecule has 0 fully saturated rings. The first-order chi connectivity index (χ1) is 5.26. The summed E-state index contributed by atoms with van der Waals surface area (Å²) in [6, 6.07) is 5.47. The Labute approximate surface area is 65.7 Å². The lowest BCUT2D eigenvalue weighted by atomic mass is 10.2. The normalized spacial score (nSPS) is 9.36. The van der Waals surface area contributed by atoms with Gasteiger partial charge in [0.15, 0.2) is 5.75 Å². The Balaban J connectivity index is 3.02. The Morgan fingerprint density at radius 1 is 1.18 bits per heavy atom. The molecule has 3 nitrogen and oxygen atoms in total. The van der Waals surface area contributed by atoms with E-state index in [-0.39, 0.29) is 0 Å². The van der Waals surface area contributed by atoms with Gasteiger partial charge in [-0.05, 0) is 24.6 Å². The van der Waals surface area contributed by atoms with Crippen molar-refractivity contribution in [3.8, 4) is 11.5 Å². The van der Waals surface area contributed by atoms with Crippen LogP contribution < -0.4 is 15.5 Å². The maximum absolute atomic E-state index is 5.00. The first kappa shape index (κ1) is 7.88. The molecule has 1 aromatic rings. The van der Waals surface area contributed by atoms with Gasteiger partial charge in [-0.3, -0.25) is 0 Å². The van der Waals surface area contributed by atoms with Crippen molar-refractivity contribution in [3.63, 3.8) is 0 Å². The minimum atomic E-state index is 0.613. The molecule has 0 saturated heterocycles. The van der Waals surface area contributed by atoms with E-state index in [1.165, 1.54) is 0 Å². The Morgan fingerprint density at radius 3 is 2.36 bits per heavy atom. The van der Waals surface area contributed by atoms with Crippen molar-refractivity contribution in [2.24, 2.45) is 5.90 Å². The largest absolute Gasteiger partial charge is 0.497 e. The highest BCUT2D eigenvalue weighted by Gasteiger charge is 1.97. The van der Waals surface area contributed by atoms with Gasteiger partial charge in [0.05, 0.1) is 7.11 Å². The maximum Gasteiger partial charge on any atom is 0.150 e. The van der Waals surface area contributed by atoms with Crippen LogP contribution in [0.4, 0.5) is 0 Å². The van der Waals surface area contributed by atoms with Crippen LogP contribution in [0.15, 0.2) is 18.2 Å². The summed E-state index contributed by atoms with van der Waals surface area (Å²) >= 11 is 0. The van der Waals surface area contributed by atoms with Gasteiger partial charge in [0, 0.05) is 6.07 Å². The minimum absolute atomic E-state index is 0.613. The average Bonchev–Trinajstić information content (AvgIpc) is 2.03. The zero-order valence-electron chi connectivity index (χ0n) is 6.63. The molecule has 0 aliphatic carbocycles. The van der Waals surface area contributed by atoms with Crippen LogP contribution in [0.1, 0.15) is 5.56 Å². The fourth-order valence-electron chi connectivity index (χ4n) is 0.900. The molecule has 11 heavy (non-hydrogen) atoms. The molecule has 0 aliphatic heterocycles. The zero-order valence-corrected chi connectivity index (χ0v) is 6.63. The van der Waals surface area contributed by atoms with Crippen LogP contribution in [0.25, 0.3) is 0 Å². The molecular formula is C8H11NO2. The highest BCUT2D eigenvalue weighted by molar-refractivity contribution is 5.37. The number of nitrogens with two attached hydrogens (primary N) is 1. The van der Waals surface area contributed by atoms with Crippen molar-refractivity contribution >= 4 is 0 Å². The molecule has 0 heterocycles. The molecule has 0 atom stereocenters. The molecule has 1 aromatic carbocycles. The Kier molecular flexibility index (Phi) is 2.33. The van der Waals surface area contributed by atoms with Crippen molar-refractivity contribution in [1.82, 2.24) is 0 Å². The number of hydrogen-bond acceptors (Lipinski definition) is 3. The van der Waals surface area contributed by atoms with Crippen molar-refractivity contribution in [3.05, 3.63) is 23.8 Å². The number of methoxy groups -OCH3 is 1. The predicted molar refractivity (Wildman–Crippen MR) is 42.5 cm³/mol. The summed E-state index contributed by atoms with van der Waals surface area (Å²) in [7, 11) is 1.61. The molecule has 2 N–H and O–H groups in total. The molecule has 0 spiro atoms. The van der Waals surface area contributed by atoms with E-state index in [1.807, 2.05) is 19.1 Å². The van der Waals surface area contributed by atoms with E-state index < -0.39 is 0 Å². The lowest BCUT2D eigenvalue weighted by Gasteiger charge is -2.03. The van der Waals surface area contributed by atoms with Crippen LogP contribution in [0.5, 0.6) is 11.5 Å². The summed E-state index contributed by atoms with van der Waals surface area (Å²) in [5, 5.41) is 0. The Hall–Kier alpha value is -1.22. The molecular weight excluding hydrogens is 142 g/mol. The molecule has 0 unspecified atom stereocenters. The van der Waals surface area contributed by atoms with Crippen LogP contribution in [0.3, 0.4) is 0 Å². The second-order valence-corrected chi connectivity index (χ2v) is 2.30. The number of hydrogen-bond donors (Lipinski definition) is 1. The molecule has 0 aromatic heterocycles. The van der Waals surface area contributed by atoms with Crippen LogP contribution >= 0.6 is 0 Å². The zero-order chi connectivity index (χ0) is 8.27. The lowest BCUT2D eigenvalue weighted by molar-refractivity contribution is 0.330. The summed E-state index contributed by atoms with van der Waals surface area (Å²) in [6.07, 6.45) is 0. The molecule has 0 bridgehead atoms. The van der Waals surface area contributed by atoms with Crippen molar-refractivity contribution in [1.29, 1.82) is 0 Å².